The zero-order valence-corrected chi connectivity index (χ0v) is 15.2. The molecule has 0 unspecified atom stereocenters. The Kier molecular flexibility index (Phi) is 5.16. The summed E-state index contributed by atoms with van der Waals surface area (Å²) in [6, 6.07) is 6.48. The number of H-pyrrole nitrogens is 1. The van der Waals surface area contributed by atoms with Crippen molar-refractivity contribution in [3.8, 4) is 0 Å². The molecule has 1 amide bonds. The maximum absolute atomic E-state index is 12.6. The van der Waals surface area contributed by atoms with Crippen molar-refractivity contribution in [1.29, 1.82) is 0 Å². The average molecular weight is 373 g/mol. The molecule has 8 heteroatoms. The number of hydrogen-bond acceptors (Lipinski definition) is 4. The second-order valence-corrected chi connectivity index (χ2v) is 7.04. The molecule has 0 aliphatic heterocycles. The molecule has 3 rings (SSSR count). The molecule has 0 bridgehead atoms. The summed E-state index contributed by atoms with van der Waals surface area (Å²) in [4.78, 5) is 50.4. The lowest BCUT2D eigenvalue weighted by atomic mass is 9.80. The lowest BCUT2D eigenvalue weighted by Crippen LogP contribution is -2.56. The highest BCUT2D eigenvalue weighted by atomic mass is 16.4. The zero-order valence-electron chi connectivity index (χ0n) is 15.2. The fraction of sp³-hybridized carbons (Fsp3) is 0.474. The molecule has 0 radical (unpaired) electrons. The predicted octanol–water partition coefficient (Wildman–Crippen LogP) is 1.33. The van der Waals surface area contributed by atoms with Crippen LogP contribution in [-0.4, -0.2) is 44.3 Å². The molecule has 1 aromatic heterocycles. The van der Waals surface area contributed by atoms with Crippen molar-refractivity contribution in [2.24, 2.45) is 0 Å². The molecule has 1 saturated carbocycles. The topological polar surface area (TPSA) is 112 Å². The average Bonchev–Trinajstić information content (AvgIpc) is 2.69. The number of likely N-dealkylation sites (N-methyl/N-ethyl adjacent to an activating group) is 1. The molecule has 1 aliphatic carbocycles. The number of amides is 1. The number of aromatic amines is 1. The van der Waals surface area contributed by atoms with Gasteiger partial charge in [-0.2, -0.15) is 0 Å². The SMILES string of the molecule is CN(C(=O)CCn1[nH]c(=O)c2ccccc2c1=O)C1(C(=O)O)CCCCC1. The minimum absolute atomic E-state index is 0.0161. The highest BCUT2D eigenvalue weighted by Gasteiger charge is 2.45. The van der Waals surface area contributed by atoms with E-state index in [1.807, 2.05) is 0 Å². The first-order chi connectivity index (χ1) is 12.9. The molecular weight excluding hydrogens is 350 g/mol. The van der Waals surface area contributed by atoms with Gasteiger partial charge < -0.3 is 10.0 Å². The number of rotatable bonds is 5. The summed E-state index contributed by atoms with van der Waals surface area (Å²) >= 11 is 0. The maximum Gasteiger partial charge on any atom is 0.329 e. The van der Waals surface area contributed by atoms with Gasteiger partial charge in [-0.05, 0) is 25.0 Å². The second kappa shape index (κ2) is 7.38. The number of benzene rings is 1. The molecule has 2 aromatic rings. The van der Waals surface area contributed by atoms with Crippen LogP contribution in [0.25, 0.3) is 10.8 Å². The minimum Gasteiger partial charge on any atom is -0.479 e. The normalized spacial score (nSPS) is 16.2. The molecule has 2 N–H and O–H groups in total. The van der Waals surface area contributed by atoms with Gasteiger partial charge >= 0.3 is 5.97 Å². The van der Waals surface area contributed by atoms with Crippen LogP contribution in [0.15, 0.2) is 33.9 Å². The van der Waals surface area contributed by atoms with E-state index in [0.29, 0.717) is 18.2 Å². The highest BCUT2D eigenvalue weighted by Crippen LogP contribution is 2.33. The van der Waals surface area contributed by atoms with E-state index in [-0.39, 0.29) is 29.8 Å². The van der Waals surface area contributed by atoms with Crippen molar-refractivity contribution in [2.75, 3.05) is 7.05 Å². The highest BCUT2D eigenvalue weighted by molar-refractivity contribution is 5.87. The number of aryl methyl sites for hydroxylation is 1. The second-order valence-electron chi connectivity index (χ2n) is 7.04. The third kappa shape index (κ3) is 3.39. The monoisotopic (exact) mass is 373 g/mol. The van der Waals surface area contributed by atoms with E-state index in [1.54, 1.807) is 24.3 Å². The molecule has 1 aliphatic rings. The van der Waals surface area contributed by atoms with Crippen LogP contribution in [0, 0.1) is 0 Å². The lowest BCUT2D eigenvalue weighted by Gasteiger charge is -2.41. The number of carbonyl (C=O) groups is 2. The smallest absolute Gasteiger partial charge is 0.329 e. The largest absolute Gasteiger partial charge is 0.479 e. The Morgan fingerprint density at radius 2 is 1.78 bits per heavy atom. The molecule has 144 valence electrons. The Bertz CT molecular complexity index is 985. The predicted molar refractivity (Wildman–Crippen MR) is 99.7 cm³/mol. The van der Waals surface area contributed by atoms with Crippen LogP contribution in [0.2, 0.25) is 0 Å². The number of nitrogens with one attached hydrogen (secondary N) is 1. The van der Waals surface area contributed by atoms with Gasteiger partial charge in [0.15, 0.2) is 0 Å². The third-order valence-corrected chi connectivity index (χ3v) is 5.53. The number of carbonyl (C=O) groups excluding carboxylic acids is 1. The van der Waals surface area contributed by atoms with Crippen LogP contribution in [-0.2, 0) is 16.1 Å². The molecule has 0 spiro atoms. The number of hydrogen-bond donors (Lipinski definition) is 2. The van der Waals surface area contributed by atoms with Crippen LogP contribution in [0.1, 0.15) is 38.5 Å². The Morgan fingerprint density at radius 3 is 2.41 bits per heavy atom. The number of carboxylic acid groups (broad SMARTS) is 1. The van der Waals surface area contributed by atoms with Crippen molar-refractivity contribution >= 4 is 22.6 Å². The van der Waals surface area contributed by atoms with Gasteiger partial charge in [0.2, 0.25) is 5.91 Å². The Balaban J connectivity index is 1.80. The summed E-state index contributed by atoms with van der Waals surface area (Å²) < 4.78 is 1.12. The van der Waals surface area contributed by atoms with Gasteiger partial charge in [0.05, 0.1) is 17.3 Å². The van der Waals surface area contributed by atoms with Crippen LogP contribution in [0.4, 0.5) is 0 Å². The van der Waals surface area contributed by atoms with Crippen LogP contribution >= 0.6 is 0 Å². The number of carboxylic acids is 1. The maximum atomic E-state index is 12.6. The van der Waals surface area contributed by atoms with Crippen LogP contribution in [0.3, 0.4) is 0 Å². The summed E-state index contributed by atoms with van der Waals surface area (Å²) in [5.41, 5.74) is -1.97. The summed E-state index contributed by atoms with van der Waals surface area (Å²) in [5, 5.41) is 12.8. The van der Waals surface area contributed by atoms with E-state index >= 15 is 0 Å². The van der Waals surface area contributed by atoms with Gasteiger partial charge in [0.1, 0.15) is 5.54 Å². The van der Waals surface area contributed by atoms with E-state index in [2.05, 4.69) is 5.10 Å². The Labute approximate surface area is 155 Å². The molecule has 8 nitrogen and oxygen atoms in total. The van der Waals surface area contributed by atoms with Crippen molar-refractivity contribution in [3.63, 3.8) is 0 Å². The van der Waals surface area contributed by atoms with Gasteiger partial charge in [-0.3, -0.25) is 19.5 Å². The first-order valence-electron chi connectivity index (χ1n) is 9.09. The van der Waals surface area contributed by atoms with Crippen molar-refractivity contribution < 1.29 is 14.7 Å². The Hall–Kier alpha value is -2.90. The van der Waals surface area contributed by atoms with Crippen LogP contribution in [0.5, 0.6) is 0 Å². The standard InChI is InChI=1S/C19H23N3O5/c1-21(19(18(26)27)10-5-2-6-11-19)15(23)9-12-22-17(25)14-8-4-3-7-13(14)16(24)20-22/h3-4,7-8H,2,5-6,9-12H2,1H3,(H,20,24)(H,26,27). The first-order valence-corrected chi connectivity index (χ1v) is 9.09. The third-order valence-electron chi connectivity index (χ3n) is 5.53. The molecule has 1 heterocycles. The fourth-order valence-electron chi connectivity index (χ4n) is 3.85. The van der Waals surface area contributed by atoms with E-state index < -0.39 is 17.1 Å². The quantitative estimate of drug-likeness (QED) is 0.821. The molecule has 1 aromatic carbocycles. The number of aliphatic carboxylic acids is 1. The summed E-state index contributed by atoms with van der Waals surface area (Å²) in [5.74, 6) is -1.35. The van der Waals surface area contributed by atoms with Gasteiger partial charge in [0.25, 0.3) is 11.1 Å². The fourth-order valence-corrected chi connectivity index (χ4v) is 3.85. The van der Waals surface area contributed by atoms with Crippen molar-refractivity contribution in [2.45, 2.75) is 50.6 Å². The first kappa shape index (κ1) is 18.9. The summed E-state index contributed by atoms with van der Waals surface area (Å²) in [7, 11) is 1.51. The van der Waals surface area contributed by atoms with E-state index in [9.17, 15) is 24.3 Å². The van der Waals surface area contributed by atoms with Gasteiger partial charge in [0, 0.05) is 13.5 Å². The number of nitrogens with zero attached hydrogens (tertiary/aromatic N) is 2. The van der Waals surface area contributed by atoms with Crippen LogP contribution < -0.4 is 11.1 Å². The van der Waals surface area contributed by atoms with Crippen molar-refractivity contribution in [3.05, 3.63) is 45.0 Å². The van der Waals surface area contributed by atoms with E-state index in [4.69, 9.17) is 0 Å². The van der Waals surface area contributed by atoms with Gasteiger partial charge in [-0.15, -0.1) is 0 Å². The van der Waals surface area contributed by atoms with E-state index in [1.165, 1.54) is 11.9 Å². The molecule has 0 atom stereocenters. The zero-order chi connectivity index (χ0) is 19.6. The van der Waals surface area contributed by atoms with Gasteiger partial charge in [-0.1, -0.05) is 31.4 Å². The van der Waals surface area contributed by atoms with Gasteiger partial charge in [-0.25, -0.2) is 9.48 Å². The molecule has 0 saturated heterocycles. The molecule has 27 heavy (non-hydrogen) atoms. The van der Waals surface area contributed by atoms with Crippen molar-refractivity contribution in [1.82, 2.24) is 14.7 Å². The Morgan fingerprint density at radius 1 is 1.15 bits per heavy atom. The molecular formula is C19H23N3O5. The lowest BCUT2D eigenvalue weighted by molar-refractivity contribution is -0.160. The number of fused-ring (bicyclic) bond motifs is 1. The summed E-state index contributed by atoms with van der Waals surface area (Å²) in [6.07, 6.45) is 3.28. The number of aromatic nitrogens is 2. The summed E-state index contributed by atoms with van der Waals surface area (Å²) in [6.45, 7) is -0.0161. The minimum atomic E-state index is -1.18. The van der Waals surface area contributed by atoms with E-state index in [0.717, 1.165) is 23.9 Å². The molecule has 1 fully saturated rings.